The van der Waals surface area contributed by atoms with Crippen molar-refractivity contribution in [3.8, 4) is 0 Å². The molecule has 0 amide bonds. The van der Waals surface area contributed by atoms with E-state index in [1.807, 2.05) is 0 Å². The molecule has 2 N–H and O–H groups in total. The molecule has 5 heteroatoms. The van der Waals surface area contributed by atoms with E-state index in [-0.39, 0.29) is 12.2 Å². The van der Waals surface area contributed by atoms with Gasteiger partial charge in [0.1, 0.15) is 5.78 Å². The molecule has 1 aliphatic rings. The van der Waals surface area contributed by atoms with Gasteiger partial charge in [0.2, 0.25) is 10.0 Å². The Balaban J connectivity index is 2.70. The summed E-state index contributed by atoms with van der Waals surface area (Å²) in [7, 11) is -3.52. The molecule has 0 bridgehead atoms. The van der Waals surface area contributed by atoms with Crippen LogP contribution in [0, 0.1) is 0 Å². The molecule has 4 nitrogen and oxygen atoms in total. The maximum Gasteiger partial charge on any atom is 0.215 e. The van der Waals surface area contributed by atoms with Crippen molar-refractivity contribution in [1.82, 2.24) is 0 Å². The van der Waals surface area contributed by atoms with E-state index in [1.54, 1.807) is 6.92 Å². The molecule has 1 fully saturated rings. The molecule has 1 saturated carbocycles. The van der Waals surface area contributed by atoms with Crippen LogP contribution in [0.25, 0.3) is 0 Å². The third-order valence-electron chi connectivity index (χ3n) is 2.32. The van der Waals surface area contributed by atoms with Gasteiger partial charge in [-0.25, -0.2) is 13.6 Å². The SMILES string of the molecule is CCC(=O)CC1(S(N)(=O)=O)CC1. The van der Waals surface area contributed by atoms with Gasteiger partial charge in [0.05, 0.1) is 4.75 Å². The van der Waals surface area contributed by atoms with E-state index in [9.17, 15) is 13.2 Å². The van der Waals surface area contributed by atoms with Crippen molar-refractivity contribution >= 4 is 15.8 Å². The fraction of sp³-hybridized carbons (Fsp3) is 0.857. The second-order valence-corrected chi connectivity index (χ2v) is 5.25. The molecular weight excluding hydrogens is 178 g/mol. The van der Waals surface area contributed by atoms with Gasteiger partial charge >= 0.3 is 0 Å². The third-order valence-corrected chi connectivity index (χ3v) is 4.08. The Morgan fingerprint density at radius 2 is 2.00 bits per heavy atom. The molecule has 0 saturated heterocycles. The number of sulfonamides is 1. The van der Waals surface area contributed by atoms with Crippen LogP contribution < -0.4 is 5.14 Å². The maximum absolute atomic E-state index is 11.0. The lowest BCUT2D eigenvalue weighted by molar-refractivity contribution is -0.118. The van der Waals surface area contributed by atoms with Crippen molar-refractivity contribution < 1.29 is 13.2 Å². The molecule has 0 atom stereocenters. The number of nitrogens with two attached hydrogens (primary N) is 1. The van der Waals surface area contributed by atoms with E-state index in [4.69, 9.17) is 5.14 Å². The minimum absolute atomic E-state index is 0.0264. The number of hydrogen-bond donors (Lipinski definition) is 1. The molecule has 0 radical (unpaired) electrons. The topological polar surface area (TPSA) is 77.2 Å². The Bertz CT molecular complexity index is 290. The molecular formula is C7H13NO3S. The molecule has 1 aliphatic carbocycles. The predicted molar refractivity (Wildman–Crippen MR) is 45.0 cm³/mol. The summed E-state index contributed by atoms with van der Waals surface area (Å²) in [6.45, 7) is 1.72. The standard InChI is InChI=1S/C7H13NO3S/c1-2-6(9)5-7(3-4-7)12(8,10)11/h2-5H2,1H3,(H2,8,10,11). The highest BCUT2D eigenvalue weighted by molar-refractivity contribution is 7.90. The predicted octanol–water partition coefficient (Wildman–Crippen LogP) is 0.177. The van der Waals surface area contributed by atoms with Gasteiger partial charge in [-0.3, -0.25) is 4.79 Å². The number of primary sulfonamides is 1. The van der Waals surface area contributed by atoms with Gasteiger partial charge in [-0.2, -0.15) is 0 Å². The molecule has 0 aliphatic heterocycles. The van der Waals surface area contributed by atoms with Gasteiger partial charge < -0.3 is 0 Å². The zero-order valence-electron chi connectivity index (χ0n) is 7.04. The van der Waals surface area contributed by atoms with Gasteiger partial charge in [-0.05, 0) is 12.8 Å². The number of hydrogen-bond acceptors (Lipinski definition) is 3. The first kappa shape index (κ1) is 9.67. The molecule has 0 heterocycles. The van der Waals surface area contributed by atoms with Crippen LogP contribution in [0.3, 0.4) is 0 Å². The Morgan fingerprint density at radius 1 is 1.50 bits per heavy atom. The van der Waals surface area contributed by atoms with E-state index >= 15 is 0 Å². The van der Waals surface area contributed by atoms with Crippen LogP contribution in [0.4, 0.5) is 0 Å². The highest BCUT2D eigenvalue weighted by Gasteiger charge is 2.53. The second-order valence-electron chi connectivity index (χ2n) is 3.30. The lowest BCUT2D eigenvalue weighted by Crippen LogP contribution is -2.32. The Hall–Kier alpha value is -0.420. The number of rotatable bonds is 4. The van der Waals surface area contributed by atoms with Crippen molar-refractivity contribution in [2.24, 2.45) is 5.14 Å². The first-order valence-corrected chi connectivity index (χ1v) is 5.50. The highest BCUT2D eigenvalue weighted by atomic mass is 32.2. The van der Waals surface area contributed by atoms with E-state index < -0.39 is 14.8 Å². The van der Waals surface area contributed by atoms with Crippen LogP contribution >= 0.6 is 0 Å². The third kappa shape index (κ3) is 1.67. The van der Waals surface area contributed by atoms with Gasteiger partial charge in [-0.1, -0.05) is 6.92 Å². The zero-order chi connectivity index (χ0) is 9.41. The van der Waals surface area contributed by atoms with E-state index in [0.717, 1.165) is 0 Å². The highest BCUT2D eigenvalue weighted by Crippen LogP contribution is 2.45. The second kappa shape index (κ2) is 2.81. The lowest BCUT2D eigenvalue weighted by Gasteiger charge is -2.09. The normalized spacial score (nSPS) is 20.5. The van der Waals surface area contributed by atoms with Crippen LogP contribution in [0.2, 0.25) is 0 Å². The first-order chi connectivity index (χ1) is 5.41. The lowest BCUT2D eigenvalue weighted by atomic mass is 10.1. The largest absolute Gasteiger partial charge is 0.300 e. The summed E-state index contributed by atoms with van der Waals surface area (Å²) in [5.41, 5.74) is 0. The van der Waals surface area contributed by atoms with Gasteiger partial charge in [0.15, 0.2) is 0 Å². The molecule has 0 aromatic heterocycles. The zero-order valence-corrected chi connectivity index (χ0v) is 7.86. The van der Waals surface area contributed by atoms with Gasteiger partial charge in [0, 0.05) is 12.8 Å². The summed E-state index contributed by atoms with van der Waals surface area (Å²) in [6, 6.07) is 0. The summed E-state index contributed by atoms with van der Waals surface area (Å²) < 4.78 is 21.1. The average Bonchev–Trinajstić information content (AvgIpc) is 2.67. The fourth-order valence-electron chi connectivity index (χ4n) is 1.19. The van der Waals surface area contributed by atoms with E-state index in [2.05, 4.69) is 0 Å². The van der Waals surface area contributed by atoms with E-state index in [1.165, 1.54) is 0 Å². The molecule has 0 spiro atoms. The molecule has 0 unspecified atom stereocenters. The van der Waals surface area contributed by atoms with Gasteiger partial charge in [-0.15, -0.1) is 0 Å². The van der Waals surface area contributed by atoms with E-state index in [0.29, 0.717) is 19.3 Å². The summed E-state index contributed by atoms with van der Waals surface area (Å²) >= 11 is 0. The van der Waals surface area contributed by atoms with Gasteiger partial charge in [0.25, 0.3) is 0 Å². The molecule has 70 valence electrons. The van der Waals surface area contributed by atoms with Crippen molar-refractivity contribution in [2.45, 2.75) is 37.4 Å². The minimum atomic E-state index is -3.52. The molecule has 1 rings (SSSR count). The maximum atomic E-state index is 11.0. The summed E-state index contributed by atoms with van der Waals surface area (Å²) in [5.74, 6) is -0.0264. The molecule has 0 aromatic carbocycles. The Labute approximate surface area is 72.2 Å². The van der Waals surface area contributed by atoms with Crippen LogP contribution in [-0.4, -0.2) is 18.9 Å². The Morgan fingerprint density at radius 3 is 2.25 bits per heavy atom. The van der Waals surface area contributed by atoms with Crippen LogP contribution in [0.15, 0.2) is 0 Å². The fourth-order valence-corrected chi connectivity index (χ4v) is 2.22. The smallest absolute Gasteiger partial charge is 0.215 e. The molecule has 0 aromatic rings. The molecule has 12 heavy (non-hydrogen) atoms. The van der Waals surface area contributed by atoms with Crippen LogP contribution in [-0.2, 0) is 14.8 Å². The number of carbonyl (C=O) groups excluding carboxylic acids is 1. The first-order valence-electron chi connectivity index (χ1n) is 3.95. The summed E-state index contributed by atoms with van der Waals surface area (Å²) in [6.07, 6.45) is 1.56. The van der Waals surface area contributed by atoms with Crippen molar-refractivity contribution in [1.29, 1.82) is 0 Å². The number of carbonyl (C=O) groups is 1. The van der Waals surface area contributed by atoms with Crippen LogP contribution in [0.5, 0.6) is 0 Å². The van der Waals surface area contributed by atoms with Crippen molar-refractivity contribution in [2.75, 3.05) is 0 Å². The number of ketones is 1. The Kier molecular flexibility index (Phi) is 2.27. The summed E-state index contributed by atoms with van der Waals surface area (Å²) in [5, 5.41) is 5.00. The van der Waals surface area contributed by atoms with Crippen molar-refractivity contribution in [3.05, 3.63) is 0 Å². The monoisotopic (exact) mass is 191 g/mol. The minimum Gasteiger partial charge on any atom is -0.300 e. The number of Topliss-reactive ketones (excluding diaryl/α,β-unsaturated/α-hetero) is 1. The summed E-state index contributed by atoms with van der Waals surface area (Å²) in [4.78, 5) is 11.0. The average molecular weight is 191 g/mol. The quantitative estimate of drug-likeness (QED) is 0.688. The van der Waals surface area contributed by atoms with Crippen LogP contribution in [0.1, 0.15) is 32.6 Å². The van der Waals surface area contributed by atoms with Crippen molar-refractivity contribution in [3.63, 3.8) is 0 Å².